The van der Waals surface area contributed by atoms with E-state index in [-0.39, 0.29) is 23.5 Å². The van der Waals surface area contributed by atoms with E-state index in [1.807, 2.05) is 0 Å². The molecule has 0 aromatic heterocycles. The molecule has 2 N–H and O–H groups in total. The number of fused-ring (bicyclic) bond motifs is 3. The van der Waals surface area contributed by atoms with Crippen LogP contribution in [0.25, 0.3) is 0 Å². The van der Waals surface area contributed by atoms with Crippen LogP contribution in [0.15, 0.2) is 18.2 Å². The molecule has 110 valence electrons. The maximum absolute atomic E-state index is 10.3. The monoisotopic (exact) mass is 274 g/mol. The van der Waals surface area contributed by atoms with Gasteiger partial charge >= 0.3 is 0 Å². The highest BCUT2D eigenvalue weighted by Gasteiger charge is 2.53. The molecular weight excluding hydrogens is 248 g/mol. The van der Waals surface area contributed by atoms with Gasteiger partial charge in [-0.3, -0.25) is 0 Å². The molecule has 3 rings (SSSR count). The average molecular weight is 274 g/mol. The molecule has 20 heavy (non-hydrogen) atoms. The van der Waals surface area contributed by atoms with Crippen LogP contribution in [0.4, 0.5) is 0 Å². The smallest absolute Gasteiger partial charge is 0.0554 e. The zero-order valence-corrected chi connectivity index (χ0v) is 12.8. The Hall–Kier alpha value is -0.860. The molecule has 0 spiro atoms. The summed E-state index contributed by atoms with van der Waals surface area (Å²) in [4.78, 5) is 0. The summed E-state index contributed by atoms with van der Waals surface area (Å²) in [5.41, 5.74) is 3.99. The van der Waals surface area contributed by atoms with Gasteiger partial charge in [0.2, 0.25) is 0 Å². The first-order valence-electron chi connectivity index (χ1n) is 7.78. The number of rotatable bonds is 1. The Morgan fingerprint density at radius 1 is 1.25 bits per heavy atom. The van der Waals surface area contributed by atoms with E-state index >= 15 is 0 Å². The first-order valence-corrected chi connectivity index (χ1v) is 7.78. The number of aryl methyl sites for hydroxylation is 2. The highest BCUT2D eigenvalue weighted by molar-refractivity contribution is 5.41. The summed E-state index contributed by atoms with van der Waals surface area (Å²) < 4.78 is 0. The van der Waals surface area contributed by atoms with Crippen molar-refractivity contribution in [3.05, 3.63) is 34.9 Å². The van der Waals surface area contributed by atoms with Gasteiger partial charge in [-0.2, -0.15) is 0 Å². The molecule has 0 heterocycles. The van der Waals surface area contributed by atoms with E-state index in [1.54, 1.807) is 0 Å². The quantitative estimate of drug-likeness (QED) is 0.826. The maximum Gasteiger partial charge on any atom is 0.0554 e. The second-order valence-corrected chi connectivity index (χ2v) is 7.54. The lowest BCUT2D eigenvalue weighted by Crippen LogP contribution is -2.54. The van der Waals surface area contributed by atoms with Gasteiger partial charge < -0.3 is 10.2 Å². The van der Waals surface area contributed by atoms with Crippen LogP contribution in [0.3, 0.4) is 0 Å². The van der Waals surface area contributed by atoms with Crippen molar-refractivity contribution in [1.82, 2.24) is 0 Å². The maximum atomic E-state index is 10.3. The van der Waals surface area contributed by atoms with Crippen molar-refractivity contribution in [3.8, 4) is 0 Å². The molecule has 0 unspecified atom stereocenters. The molecule has 4 atom stereocenters. The number of benzene rings is 1. The summed E-state index contributed by atoms with van der Waals surface area (Å²) >= 11 is 0. The second kappa shape index (κ2) is 4.57. The number of hydrogen-bond acceptors (Lipinski definition) is 2. The third kappa shape index (κ3) is 1.93. The van der Waals surface area contributed by atoms with E-state index in [1.165, 1.54) is 16.7 Å². The Labute approximate surface area is 121 Å². The van der Waals surface area contributed by atoms with Gasteiger partial charge in [-0.25, -0.2) is 0 Å². The summed E-state index contributed by atoms with van der Waals surface area (Å²) in [7, 11) is 0. The van der Waals surface area contributed by atoms with Crippen molar-refractivity contribution in [1.29, 1.82) is 0 Å². The van der Waals surface area contributed by atoms with Crippen LogP contribution in [-0.2, 0) is 11.8 Å². The van der Waals surface area contributed by atoms with Gasteiger partial charge in [-0.15, -0.1) is 0 Å². The minimum atomic E-state index is -0.305. The molecule has 0 aliphatic heterocycles. The molecule has 2 nitrogen and oxygen atoms in total. The van der Waals surface area contributed by atoms with Gasteiger partial charge in [0.15, 0.2) is 0 Å². The lowest BCUT2D eigenvalue weighted by molar-refractivity contribution is -0.0734. The van der Waals surface area contributed by atoms with Crippen molar-refractivity contribution in [2.45, 2.75) is 58.0 Å². The third-order valence-corrected chi connectivity index (χ3v) is 5.91. The normalized spacial score (nSPS) is 40.0. The second-order valence-electron chi connectivity index (χ2n) is 7.54. The molecule has 0 bridgehead atoms. The molecule has 0 saturated heterocycles. The van der Waals surface area contributed by atoms with Crippen molar-refractivity contribution in [2.75, 3.05) is 6.61 Å². The predicted molar refractivity (Wildman–Crippen MR) is 80.8 cm³/mol. The Balaban J connectivity index is 2.11. The van der Waals surface area contributed by atoms with Crippen LogP contribution in [0.2, 0.25) is 0 Å². The van der Waals surface area contributed by atoms with Crippen LogP contribution >= 0.6 is 0 Å². The van der Waals surface area contributed by atoms with Crippen LogP contribution in [0.1, 0.15) is 49.8 Å². The predicted octanol–water partition coefficient (Wildman–Crippen LogP) is 2.97. The summed E-state index contributed by atoms with van der Waals surface area (Å²) in [6.07, 6.45) is 3.47. The van der Waals surface area contributed by atoms with Gasteiger partial charge in [0.25, 0.3) is 0 Å². The topological polar surface area (TPSA) is 40.5 Å². The molecule has 2 aliphatic carbocycles. The number of aliphatic hydroxyl groups excluding tert-OH is 2. The fourth-order valence-electron chi connectivity index (χ4n) is 5.08. The van der Waals surface area contributed by atoms with Gasteiger partial charge in [0, 0.05) is 6.61 Å². The van der Waals surface area contributed by atoms with Crippen LogP contribution < -0.4 is 0 Å². The third-order valence-electron chi connectivity index (χ3n) is 5.91. The first-order chi connectivity index (χ1) is 9.39. The zero-order valence-electron chi connectivity index (χ0n) is 12.8. The molecule has 1 fully saturated rings. The summed E-state index contributed by atoms with van der Waals surface area (Å²) in [6.45, 7) is 6.76. The summed E-state index contributed by atoms with van der Waals surface area (Å²) in [5.74, 6) is 0.457. The van der Waals surface area contributed by atoms with E-state index < -0.39 is 0 Å². The molecule has 1 saturated carbocycles. The fourth-order valence-corrected chi connectivity index (χ4v) is 5.08. The van der Waals surface area contributed by atoms with Gasteiger partial charge in [0.05, 0.1) is 6.10 Å². The van der Waals surface area contributed by atoms with Gasteiger partial charge in [0.1, 0.15) is 0 Å². The Morgan fingerprint density at radius 2 is 2.00 bits per heavy atom. The van der Waals surface area contributed by atoms with Crippen molar-refractivity contribution in [3.63, 3.8) is 0 Å². The minimum Gasteiger partial charge on any atom is -0.396 e. The van der Waals surface area contributed by atoms with E-state index in [9.17, 15) is 10.2 Å². The van der Waals surface area contributed by atoms with Crippen LogP contribution in [0, 0.1) is 18.3 Å². The summed E-state index contributed by atoms with van der Waals surface area (Å²) in [6, 6.07) is 6.74. The van der Waals surface area contributed by atoms with E-state index in [0.717, 1.165) is 25.7 Å². The van der Waals surface area contributed by atoms with E-state index in [0.29, 0.717) is 5.92 Å². The fraction of sp³-hybridized carbons (Fsp3) is 0.667. The largest absolute Gasteiger partial charge is 0.396 e. The lowest BCUT2D eigenvalue weighted by atomic mass is 9.49. The van der Waals surface area contributed by atoms with Gasteiger partial charge in [-0.05, 0) is 60.5 Å². The standard InChI is InChI=1S/C18H26O2/c1-12-4-6-15-13(8-12)5-7-16-17(2,11-19)9-14(20)10-18(15,16)3/h4,6,8,14,16,19-20H,5,7,9-11H2,1-3H3/t14-,16-,17+,18+/m1/s1. The molecular formula is C18H26O2. The van der Waals surface area contributed by atoms with Crippen LogP contribution in [-0.4, -0.2) is 22.9 Å². The average Bonchev–Trinajstić information content (AvgIpc) is 2.37. The zero-order chi connectivity index (χ0) is 14.5. The summed E-state index contributed by atoms with van der Waals surface area (Å²) in [5, 5.41) is 20.3. The minimum absolute atomic E-state index is 0.00354. The Bertz CT molecular complexity index is 524. The van der Waals surface area contributed by atoms with Crippen molar-refractivity contribution in [2.24, 2.45) is 11.3 Å². The van der Waals surface area contributed by atoms with Crippen molar-refractivity contribution < 1.29 is 10.2 Å². The Kier molecular flexibility index (Phi) is 3.22. The SMILES string of the molecule is Cc1ccc2c(c1)CC[C@@H]1[C@](C)(CO)C[C@@H](O)C[C@@]21C. The van der Waals surface area contributed by atoms with Crippen LogP contribution in [0.5, 0.6) is 0 Å². The Morgan fingerprint density at radius 3 is 2.70 bits per heavy atom. The number of hydrogen-bond donors (Lipinski definition) is 2. The van der Waals surface area contributed by atoms with Crippen molar-refractivity contribution >= 4 is 0 Å². The first kappa shape index (κ1) is 14.1. The van der Waals surface area contributed by atoms with E-state index in [2.05, 4.69) is 39.0 Å². The highest BCUT2D eigenvalue weighted by Crippen LogP contribution is 2.57. The molecule has 2 heteroatoms. The highest BCUT2D eigenvalue weighted by atomic mass is 16.3. The van der Waals surface area contributed by atoms with Gasteiger partial charge in [-0.1, -0.05) is 37.6 Å². The molecule has 0 amide bonds. The molecule has 2 aliphatic rings. The molecule has 1 aromatic rings. The number of aliphatic hydroxyl groups is 2. The van der Waals surface area contributed by atoms with E-state index in [4.69, 9.17) is 0 Å². The molecule has 1 aromatic carbocycles. The lowest BCUT2D eigenvalue weighted by Gasteiger charge is -2.56. The molecule has 0 radical (unpaired) electrons.